The lowest BCUT2D eigenvalue weighted by molar-refractivity contribution is -0.119. The van der Waals surface area contributed by atoms with Crippen molar-refractivity contribution < 1.29 is 9.53 Å². The van der Waals surface area contributed by atoms with Crippen LogP contribution in [0.2, 0.25) is 0 Å². The van der Waals surface area contributed by atoms with Crippen LogP contribution in [-0.2, 0) is 11.3 Å². The van der Waals surface area contributed by atoms with Gasteiger partial charge in [-0.2, -0.15) is 5.10 Å². The van der Waals surface area contributed by atoms with Crippen LogP contribution in [0.3, 0.4) is 0 Å². The lowest BCUT2D eigenvalue weighted by Gasteiger charge is -2.12. The summed E-state index contributed by atoms with van der Waals surface area (Å²) >= 11 is 0. The molecule has 0 fully saturated rings. The van der Waals surface area contributed by atoms with E-state index in [0.717, 1.165) is 18.0 Å². The maximum atomic E-state index is 12.0. The van der Waals surface area contributed by atoms with Crippen molar-refractivity contribution in [2.75, 3.05) is 11.9 Å². The molecule has 5 heteroatoms. The molecule has 112 valence electrons. The normalized spacial score (nSPS) is 11.9. The van der Waals surface area contributed by atoms with E-state index < -0.39 is 0 Å². The van der Waals surface area contributed by atoms with Gasteiger partial charge in [-0.25, -0.2) is 0 Å². The molecule has 1 N–H and O–H groups in total. The molecule has 1 aromatic heterocycles. The van der Waals surface area contributed by atoms with Gasteiger partial charge in [0.2, 0.25) is 5.91 Å². The first-order valence-corrected chi connectivity index (χ1v) is 7.20. The zero-order valence-electron chi connectivity index (χ0n) is 12.5. The lowest BCUT2D eigenvalue weighted by Crippen LogP contribution is -2.22. The van der Waals surface area contributed by atoms with E-state index in [-0.39, 0.29) is 11.8 Å². The zero-order chi connectivity index (χ0) is 15.1. The van der Waals surface area contributed by atoms with E-state index >= 15 is 0 Å². The van der Waals surface area contributed by atoms with Crippen molar-refractivity contribution in [1.82, 2.24) is 9.78 Å². The van der Waals surface area contributed by atoms with Crippen molar-refractivity contribution in [2.45, 2.75) is 26.8 Å². The first-order valence-electron chi connectivity index (χ1n) is 7.20. The molecule has 0 bridgehead atoms. The number of para-hydroxylation sites is 1. The SMILES string of the molecule is CCn1cc(NC(=O)[C@H](C)CCOc2ccccc2)cn1. The van der Waals surface area contributed by atoms with E-state index in [1.165, 1.54) is 0 Å². The molecule has 0 saturated carbocycles. The molecule has 0 unspecified atom stereocenters. The molecule has 0 radical (unpaired) electrons. The van der Waals surface area contributed by atoms with Crippen molar-refractivity contribution in [3.63, 3.8) is 0 Å². The third-order valence-electron chi connectivity index (χ3n) is 3.24. The van der Waals surface area contributed by atoms with Crippen LogP contribution in [0.5, 0.6) is 5.75 Å². The van der Waals surface area contributed by atoms with Crippen molar-refractivity contribution in [1.29, 1.82) is 0 Å². The van der Waals surface area contributed by atoms with Crippen molar-refractivity contribution in [2.24, 2.45) is 5.92 Å². The fourth-order valence-electron chi connectivity index (χ4n) is 1.87. The number of carbonyl (C=O) groups is 1. The average molecular weight is 287 g/mol. The Kier molecular flexibility index (Phi) is 5.37. The van der Waals surface area contributed by atoms with Gasteiger partial charge < -0.3 is 10.1 Å². The third-order valence-corrected chi connectivity index (χ3v) is 3.24. The molecule has 0 aliphatic carbocycles. The largest absolute Gasteiger partial charge is 0.494 e. The van der Waals surface area contributed by atoms with Crippen LogP contribution >= 0.6 is 0 Å². The molecule has 21 heavy (non-hydrogen) atoms. The van der Waals surface area contributed by atoms with Crippen LogP contribution in [0.25, 0.3) is 0 Å². The Bertz CT molecular complexity index is 566. The number of aryl methyl sites for hydroxylation is 1. The number of ether oxygens (including phenoxy) is 1. The van der Waals surface area contributed by atoms with Gasteiger partial charge in [-0.3, -0.25) is 9.48 Å². The Labute approximate surface area is 124 Å². The minimum Gasteiger partial charge on any atom is -0.494 e. The van der Waals surface area contributed by atoms with Crippen LogP contribution < -0.4 is 10.1 Å². The summed E-state index contributed by atoms with van der Waals surface area (Å²) in [5.41, 5.74) is 0.734. The highest BCUT2D eigenvalue weighted by Crippen LogP contribution is 2.12. The second kappa shape index (κ2) is 7.47. The number of nitrogens with one attached hydrogen (secondary N) is 1. The molecule has 0 aliphatic rings. The monoisotopic (exact) mass is 287 g/mol. The number of carbonyl (C=O) groups excluding carboxylic acids is 1. The summed E-state index contributed by atoms with van der Waals surface area (Å²) in [4.78, 5) is 12.0. The topological polar surface area (TPSA) is 56.2 Å². The summed E-state index contributed by atoms with van der Waals surface area (Å²) in [5, 5.41) is 6.99. The number of aromatic nitrogens is 2. The predicted octanol–water partition coefficient (Wildman–Crippen LogP) is 2.95. The predicted molar refractivity (Wildman–Crippen MR) is 82.2 cm³/mol. The second-order valence-electron chi connectivity index (χ2n) is 4.93. The first kappa shape index (κ1) is 15.1. The molecule has 5 nitrogen and oxygen atoms in total. The lowest BCUT2D eigenvalue weighted by atomic mass is 10.1. The molecular weight excluding hydrogens is 266 g/mol. The number of rotatable bonds is 7. The van der Waals surface area contributed by atoms with Crippen LogP contribution in [0.1, 0.15) is 20.3 Å². The zero-order valence-corrected chi connectivity index (χ0v) is 12.5. The van der Waals surface area contributed by atoms with Crippen LogP contribution in [0.15, 0.2) is 42.7 Å². The molecule has 2 rings (SSSR count). The van der Waals surface area contributed by atoms with E-state index in [2.05, 4.69) is 10.4 Å². The Morgan fingerprint density at radius 2 is 2.14 bits per heavy atom. The molecule has 0 spiro atoms. The maximum Gasteiger partial charge on any atom is 0.227 e. The number of nitrogens with zero attached hydrogens (tertiary/aromatic N) is 2. The van der Waals surface area contributed by atoms with Gasteiger partial charge in [0, 0.05) is 18.7 Å². The minimum atomic E-state index is -0.112. The van der Waals surface area contributed by atoms with Gasteiger partial charge in [-0.15, -0.1) is 0 Å². The fraction of sp³-hybridized carbons (Fsp3) is 0.375. The highest BCUT2D eigenvalue weighted by molar-refractivity contribution is 5.91. The Morgan fingerprint density at radius 3 is 2.81 bits per heavy atom. The number of amides is 1. The minimum absolute atomic E-state index is 0.0117. The van der Waals surface area contributed by atoms with Crippen LogP contribution in [0, 0.1) is 5.92 Å². The summed E-state index contributed by atoms with van der Waals surface area (Å²) in [5.74, 6) is 0.704. The highest BCUT2D eigenvalue weighted by atomic mass is 16.5. The Balaban J connectivity index is 1.74. The quantitative estimate of drug-likeness (QED) is 0.851. The van der Waals surface area contributed by atoms with E-state index in [1.54, 1.807) is 10.9 Å². The number of benzene rings is 1. The molecular formula is C16H21N3O2. The standard InChI is InChI=1S/C16H21N3O2/c1-3-19-12-14(11-17-19)18-16(20)13(2)9-10-21-15-7-5-4-6-8-15/h4-8,11-13H,3,9-10H2,1-2H3,(H,18,20)/t13-/m1/s1. The van der Waals surface area contributed by atoms with E-state index in [1.807, 2.05) is 50.4 Å². The summed E-state index contributed by atoms with van der Waals surface area (Å²) in [6.45, 7) is 5.21. The highest BCUT2D eigenvalue weighted by Gasteiger charge is 2.13. The van der Waals surface area contributed by atoms with Gasteiger partial charge in [0.05, 0.1) is 18.5 Å². The first-order chi connectivity index (χ1) is 10.2. The van der Waals surface area contributed by atoms with Gasteiger partial charge in [0.25, 0.3) is 0 Å². The molecule has 1 heterocycles. The summed E-state index contributed by atoms with van der Waals surface area (Å²) < 4.78 is 7.38. The molecule has 2 aromatic rings. The second-order valence-corrected chi connectivity index (χ2v) is 4.93. The smallest absolute Gasteiger partial charge is 0.227 e. The summed E-state index contributed by atoms with van der Waals surface area (Å²) in [6.07, 6.45) is 4.16. The van der Waals surface area contributed by atoms with Gasteiger partial charge in [-0.05, 0) is 25.5 Å². The maximum absolute atomic E-state index is 12.0. The average Bonchev–Trinajstić information content (AvgIpc) is 2.96. The molecule has 0 aliphatic heterocycles. The van der Waals surface area contributed by atoms with Gasteiger partial charge in [0.15, 0.2) is 0 Å². The van der Waals surface area contributed by atoms with Crippen molar-refractivity contribution >= 4 is 11.6 Å². The third kappa shape index (κ3) is 4.63. The van der Waals surface area contributed by atoms with Crippen LogP contribution in [0.4, 0.5) is 5.69 Å². The molecule has 0 saturated heterocycles. The summed E-state index contributed by atoms with van der Waals surface area (Å²) in [6, 6.07) is 9.61. The molecule has 1 atom stereocenters. The fourth-order valence-corrected chi connectivity index (χ4v) is 1.87. The van der Waals surface area contributed by atoms with Gasteiger partial charge >= 0.3 is 0 Å². The van der Waals surface area contributed by atoms with Crippen LogP contribution in [-0.4, -0.2) is 22.3 Å². The number of hydrogen-bond donors (Lipinski definition) is 1. The molecule has 1 amide bonds. The number of anilines is 1. The Hall–Kier alpha value is -2.30. The molecule has 1 aromatic carbocycles. The van der Waals surface area contributed by atoms with Crippen molar-refractivity contribution in [3.8, 4) is 5.75 Å². The Morgan fingerprint density at radius 1 is 1.38 bits per heavy atom. The summed E-state index contributed by atoms with van der Waals surface area (Å²) in [7, 11) is 0. The van der Waals surface area contributed by atoms with Gasteiger partial charge in [0.1, 0.15) is 5.75 Å². The number of hydrogen-bond acceptors (Lipinski definition) is 3. The van der Waals surface area contributed by atoms with E-state index in [9.17, 15) is 4.79 Å². The van der Waals surface area contributed by atoms with E-state index in [0.29, 0.717) is 13.0 Å². The van der Waals surface area contributed by atoms with Gasteiger partial charge in [-0.1, -0.05) is 25.1 Å². The van der Waals surface area contributed by atoms with Crippen molar-refractivity contribution in [3.05, 3.63) is 42.7 Å². The van der Waals surface area contributed by atoms with E-state index in [4.69, 9.17) is 4.74 Å².